The van der Waals surface area contributed by atoms with Crippen LogP contribution in [0.25, 0.3) is 0 Å². The number of carboxylic acids is 1. The number of rotatable bonds is 10. The first-order chi connectivity index (χ1) is 20.0. The van der Waals surface area contributed by atoms with Gasteiger partial charge in [-0.15, -0.1) is 0 Å². The number of carboxylic acid groups (broad SMARTS) is 1. The van der Waals surface area contributed by atoms with Crippen molar-refractivity contribution in [2.24, 2.45) is 0 Å². The maximum atomic E-state index is 13.1. The van der Waals surface area contributed by atoms with Crippen LogP contribution in [0.4, 0.5) is 25.8 Å². The van der Waals surface area contributed by atoms with E-state index < -0.39 is 42.1 Å². The van der Waals surface area contributed by atoms with Crippen molar-refractivity contribution in [3.63, 3.8) is 0 Å². The molecule has 2 aromatic carbocycles. The number of anilines is 2. The molecule has 1 atom stereocenters. The van der Waals surface area contributed by atoms with Crippen LogP contribution >= 0.6 is 11.6 Å². The van der Waals surface area contributed by atoms with Gasteiger partial charge in [0, 0.05) is 30.7 Å². The van der Waals surface area contributed by atoms with Crippen molar-refractivity contribution in [1.82, 2.24) is 20.5 Å². The number of H-pyrrole nitrogens is 1. The molecule has 1 aromatic heterocycles. The summed E-state index contributed by atoms with van der Waals surface area (Å²) in [5.74, 6) is -1.14. The van der Waals surface area contributed by atoms with Gasteiger partial charge in [0.2, 0.25) is 0 Å². The second-order valence-corrected chi connectivity index (χ2v) is 9.78. The van der Waals surface area contributed by atoms with Crippen LogP contribution in [-0.2, 0) is 11.2 Å². The number of urea groups is 3. The van der Waals surface area contributed by atoms with E-state index in [0.717, 1.165) is 5.56 Å². The van der Waals surface area contributed by atoms with Gasteiger partial charge in [0.1, 0.15) is 5.69 Å². The van der Waals surface area contributed by atoms with Crippen molar-refractivity contribution < 1.29 is 24.3 Å². The van der Waals surface area contributed by atoms with E-state index >= 15 is 0 Å². The number of aromatic amines is 1. The number of carbonyl (C=O) groups is 4. The molecule has 42 heavy (non-hydrogen) atoms. The third kappa shape index (κ3) is 8.58. The number of nitrogens with one attached hydrogen (secondary N) is 5. The van der Waals surface area contributed by atoms with Gasteiger partial charge < -0.3 is 30.9 Å². The number of hydrogen-bond donors (Lipinski definition) is 6. The highest BCUT2D eigenvalue weighted by molar-refractivity contribution is 6.31. The van der Waals surface area contributed by atoms with Crippen molar-refractivity contribution in [2.75, 3.05) is 23.7 Å². The number of halogens is 1. The number of aliphatic carboxylic acids is 1. The Kier molecular flexibility index (Phi) is 11.1. The third-order valence-electron chi connectivity index (χ3n) is 6.43. The van der Waals surface area contributed by atoms with Gasteiger partial charge in [0.15, 0.2) is 0 Å². The number of nitrogens with zero attached hydrogens (tertiary/aromatic N) is 1. The van der Waals surface area contributed by atoms with Gasteiger partial charge in [0.05, 0.1) is 18.2 Å². The van der Waals surface area contributed by atoms with Gasteiger partial charge in [0.25, 0.3) is 5.56 Å². The number of hydrogen-bond acceptors (Lipinski definition) is 5. The maximum Gasteiger partial charge on any atom is 0.327 e. The number of pyridine rings is 1. The molecule has 0 bridgehead atoms. The van der Waals surface area contributed by atoms with Crippen LogP contribution in [0.3, 0.4) is 0 Å². The number of amides is 6. The molecule has 222 valence electrons. The van der Waals surface area contributed by atoms with Gasteiger partial charge in [-0.25, -0.2) is 14.4 Å². The lowest BCUT2D eigenvalue weighted by atomic mass is 10.0. The van der Waals surface area contributed by atoms with E-state index in [1.165, 1.54) is 11.1 Å². The molecular formula is C29H33ClN6O6. The summed E-state index contributed by atoms with van der Waals surface area (Å²) in [4.78, 5) is 66.9. The van der Waals surface area contributed by atoms with E-state index in [9.17, 15) is 29.1 Å². The van der Waals surface area contributed by atoms with Crippen molar-refractivity contribution in [3.05, 3.63) is 92.4 Å². The SMILES string of the molecule is CCN(CC)C(=O)NC(=O)Nc1c(Cc2ccccc2Cl)c[nH]c(=O)c1NC(=O)N[C@@H](CC(=O)O)c1ccc(C)cc1. The first kappa shape index (κ1) is 31.7. The van der Waals surface area contributed by atoms with Crippen molar-refractivity contribution in [3.8, 4) is 0 Å². The highest BCUT2D eigenvalue weighted by Crippen LogP contribution is 2.27. The molecule has 0 fully saturated rings. The fourth-order valence-electron chi connectivity index (χ4n) is 4.18. The molecule has 0 aliphatic carbocycles. The van der Waals surface area contributed by atoms with Crippen LogP contribution in [0.2, 0.25) is 5.02 Å². The minimum atomic E-state index is -1.14. The van der Waals surface area contributed by atoms with Crippen molar-refractivity contribution in [1.29, 1.82) is 0 Å². The lowest BCUT2D eigenvalue weighted by Crippen LogP contribution is -2.44. The van der Waals surface area contributed by atoms with E-state index in [2.05, 4.69) is 26.3 Å². The quantitative estimate of drug-likeness (QED) is 0.195. The molecule has 0 unspecified atom stereocenters. The fourth-order valence-corrected chi connectivity index (χ4v) is 4.39. The summed E-state index contributed by atoms with van der Waals surface area (Å²) in [5.41, 5.74) is 1.42. The van der Waals surface area contributed by atoms with E-state index in [-0.39, 0.29) is 17.8 Å². The van der Waals surface area contributed by atoms with Crippen LogP contribution in [0.5, 0.6) is 0 Å². The van der Waals surface area contributed by atoms with Crippen LogP contribution < -0.4 is 26.8 Å². The molecule has 0 saturated carbocycles. The molecule has 0 spiro atoms. The molecule has 0 aliphatic rings. The number of aryl methyl sites for hydroxylation is 1. The Balaban J connectivity index is 1.96. The Morgan fingerprint density at radius 2 is 1.57 bits per heavy atom. The molecular weight excluding hydrogens is 564 g/mol. The minimum Gasteiger partial charge on any atom is -0.481 e. The molecule has 6 N–H and O–H groups in total. The summed E-state index contributed by atoms with van der Waals surface area (Å²) in [6.45, 7) is 6.12. The minimum absolute atomic E-state index is 0.0659. The monoisotopic (exact) mass is 596 g/mol. The van der Waals surface area contributed by atoms with Crippen molar-refractivity contribution in [2.45, 2.75) is 39.7 Å². The number of benzene rings is 2. The fraction of sp³-hybridized carbons (Fsp3) is 0.276. The highest BCUT2D eigenvalue weighted by Gasteiger charge is 2.23. The zero-order valence-corrected chi connectivity index (χ0v) is 24.2. The first-order valence-electron chi connectivity index (χ1n) is 13.2. The standard InChI is InChI=1S/C29H33ClN6O6/c1-4-36(5-2)29(42)35-28(41)33-24-20(14-19-8-6-7-9-21(19)30)16-31-26(39)25(24)34-27(40)32-22(15-23(37)38)18-12-10-17(3)11-13-18/h6-13,16,22H,4-5,14-15H2,1-3H3,(H,37,38)(H2,32,34,40)(H3,31,33,35,39,41,42)/t22-/m0/s1. The summed E-state index contributed by atoms with van der Waals surface area (Å²) in [7, 11) is 0. The van der Waals surface area contributed by atoms with Crippen LogP contribution in [0.15, 0.2) is 59.5 Å². The zero-order valence-electron chi connectivity index (χ0n) is 23.4. The van der Waals surface area contributed by atoms with Gasteiger partial charge >= 0.3 is 24.1 Å². The summed E-state index contributed by atoms with van der Waals surface area (Å²) < 4.78 is 0. The highest BCUT2D eigenvalue weighted by atomic mass is 35.5. The Morgan fingerprint density at radius 1 is 0.929 bits per heavy atom. The predicted molar refractivity (Wildman–Crippen MR) is 160 cm³/mol. The van der Waals surface area contributed by atoms with Gasteiger partial charge in [-0.05, 0) is 43.5 Å². The molecule has 3 rings (SSSR count). The molecule has 3 aromatic rings. The first-order valence-corrected chi connectivity index (χ1v) is 13.6. The Morgan fingerprint density at radius 3 is 2.19 bits per heavy atom. The topological polar surface area (TPSA) is 173 Å². The van der Waals surface area contributed by atoms with Gasteiger partial charge in [-0.1, -0.05) is 59.6 Å². The van der Waals surface area contributed by atoms with E-state index in [1.54, 1.807) is 62.4 Å². The molecule has 13 heteroatoms. The average Bonchev–Trinajstić information content (AvgIpc) is 2.93. The lowest BCUT2D eigenvalue weighted by molar-refractivity contribution is -0.137. The number of carbonyl (C=O) groups excluding carboxylic acids is 3. The van der Waals surface area contributed by atoms with Gasteiger partial charge in [-0.3, -0.25) is 14.9 Å². The Hall–Kier alpha value is -4.84. The Bertz CT molecular complexity index is 1500. The van der Waals surface area contributed by atoms with Crippen LogP contribution in [-0.4, -0.2) is 52.1 Å². The summed E-state index contributed by atoms with van der Waals surface area (Å²) >= 11 is 6.34. The molecule has 0 saturated heterocycles. The molecule has 0 aliphatic heterocycles. The average molecular weight is 597 g/mol. The van der Waals surface area contributed by atoms with Crippen LogP contribution in [0.1, 0.15) is 48.6 Å². The Labute approximate surface area is 247 Å². The molecule has 0 radical (unpaired) electrons. The summed E-state index contributed by atoms with van der Waals surface area (Å²) in [6, 6.07) is 10.6. The number of imide groups is 1. The third-order valence-corrected chi connectivity index (χ3v) is 6.80. The normalized spacial score (nSPS) is 11.2. The largest absolute Gasteiger partial charge is 0.481 e. The zero-order chi connectivity index (χ0) is 30.8. The molecule has 12 nitrogen and oxygen atoms in total. The second-order valence-electron chi connectivity index (χ2n) is 9.38. The predicted octanol–water partition coefficient (Wildman–Crippen LogP) is 4.85. The van der Waals surface area contributed by atoms with Crippen LogP contribution in [0, 0.1) is 6.92 Å². The lowest BCUT2D eigenvalue weighted by Gasteiger charge is -2.21. The van der Waals surface area contributed by atoms with E-state index in [4.69, 9.17) is 11.6 Å². The summed E-state index contributed by atoms with van der Waals surface area (Å²) in [5, 5.41) is 19.6. The van der Waals surface area contributed by atoms with Crippen molar-refractivity contribution >= 4 is 47.0 Å². The number of aromatic nitrogens is 1. The van der Waals surface area contributed by atoms with E-state index in [0.29, 0.717) is 34.8 Å². The van der Waals surface area contributed by atoms with Gasteiger partial charge in [-0.2, -0.15) is 0 Å². The summed E-state index contributed by atoms with van der Waals surface area (Å²) in [6.07, 6.45) is 1.10. The second kappa shape index (κ2) is 14.7. The maximum absolute atomic E-state index is 13.1. The smallest absolute Gasteiger partial charge is 0.327 e. The molecule has 6 amide bonds. The van der Waals surface area contributed by atoms with E-state index in [1.807, 2.05) is 6.92 Å². The molecule has 1 heterocycles.